The third-order valence-corrected chi connectivity index (χ3v) is 15.7. The Labute approximate surface area is 528 Å². The molecule has 2 aromatic carbocycles. The van der Waals surface area contributed by atoms with Gasteiger partial charge >= 0.3 is 6.36 Å². The number of nitrogens with zero attached hydrogens (tertiary/aromatic N) is 6. The van der Waals surface area contributed by atoms with Gasteiger partial charge in [-0.25, -0.2) is 19.3 Å². The number of benzene rings is 2. The molecule has 0 radical (unpaired) electrons. The van der Waals surface area contributed by atoms with Gasteiger partial charge in [-0.15, -0.1) is 24.5 Å². The summed E-state index contributed by atoms with van der Waals surface area (Å²) in [5, 5.41) is 19.1. The van der Waals surface area contributed by atoms with Crippen molar-refractivity contribution in [1.82, 2.24) is 45.3 Å². The molecule has 91 heavy (non-hydrogen) atoms. The minimum atomic E-state index is -4.85. The number of aliphatic hydroxyl groups excluding tert-OH is 1. The maximum absolute atomic E-state index is 15.4. The summed E-state index contributed by atoms with van der Waals surface area (Å²) in [5.74, 6) is -3.28. The van der Waals surface area contributed by atoms with Gasteiger partial charge in [0.25, 0.3) is 5.91 Å². The predicted octanol–water partition coefficient (Wildman–Crippen LogP) is 5.11. The van der Waals surface area contributed by atoms with Gasteiger partial charge in [-0.2, -0.15) is 0 Å². The van der Waals surface area contributed by atoms with Gasteiger partial charge in [-0.3, -0.25) is 28.8 Å². The summed E-state index contributed by atoms with van der Waals surface area (Å²) in [4.78, 5) is 95.0. The Morgan fingerprint density at radius 2 is 1.44 bits per heavy atom. The lowest BCUT2D eigenvalue weighted by atomic mass is 9.85. The second kappa shape index (κ2) is 34.7. The highest BCUT2D eigenvalue weighted by molar-refractivity contribution is 7.13. The van der Waals surface area contributed by atoms with Crippen LogP contribution in [0.25, 0.3) is 21.7 Å². The number of β-amino-alcohol motifs (C(OH)–C–C–N with tert-alkyl or cyclic N) is 1. The molecule has 6 N–H and O–H groups in total. The number of ether oxygens (including phenoxy) is 7. The number of rotatable bonds is 35. The summed E-state index contributed by atoms with van der Waals surface area (Å²) in [6, 6.07) is 12.2. The molecular formula is C62H80F4N10O14S. The number of nitrogens with one attached hydrogen (secondary N) is 3. The lowest BCUT2D eigenvalue weighted by molar-refractivity contribution is -0.274. The topological polar surface area (TPSA) is 299 Å². The minimum Gasteiger partial charge on any atom is -0.471 e. The quantitative estimate of drug-likeness (QED) is 0.0260. The van der Waals surface area contributed by atoms with E-state index >= 15 is 4.39 Å². The molecule has 2 aliphatic rings. The number of aliphatic hydroxyl groups is 1. The molecule has 0 aliphatic carbocycles. The van der Waals surface area contributed by atoms with Crippen molar-refractivity contribution in [2.24, 2.45) is 11.1 Å². The first-order chi connectivity index (χ1) is 43.5. The van der Waals surface area contributed by atoms with Crippen LogP contribution in [0.1, 0.15) is 80.1 Å². The van der Waals surface area contributed by atoms with Gasteiger partial charge in [0.2, 0.25) is 35.4 Å². The van der Waals surface area contributed by atoms with E-state index in [0.29, 0.717) is 82.6 Å². The van der Waals surface area contributed by atoms with E-state index in [9.17, 15) is 47.0 Å². The van der Waals surface area contributed by atoms with Gasteiger partial charge < -0.3 is 74.3 Å². The van der Waals surface area contributed by atoms with Gasteiger partial charge in [-0.05, 0) is 53.6 Å². The zero-order valence-electron chi connectivity index (χ0n) is 51.4. The molecule has 2 fully saturated rings. The molecule has 2 saturated heterocycles. The summed E-state index contributed by atoms with van der Waals surface area (Å²) in [7, 11) is 0. The van der Waals surface area contributed by atoms with E-state index in [1.807, 2.05) is 52.0 Å². The van der Waals surface area contributed by atoms with Crippen LogP contribution in [-0.2, 0) is 67.2 Å². The number of piperidine rings is 1. The van der Waals surface area contributed by atoms with Gasteiger partial charge in [-0.1, -0.05) is 57.2 Å². The monoisotopic (exact) mass is 1300 g/mol. The zero-order valence-corrected chi connectivity index (χ0v) is 52.2. The highest BCUT2D eigenvalue weighted by Gasteiger charge is 2.44. The number of amides is 6. The molecule has 3 aromatic heterocycles. The van der Waals surface area contributed by atoms with Crippen molar-refractivity contribution in [2.45, 2.75) is 116 Å². The number of likely N-dealkylation sites (tertiary alicyclic amines) is 2. The number of thiazole rings is 1. The van der Waals surface area contributed by atoms with Crippen LogP contribution in [0.4, 0.5) is 17.6 Å². The zero-order chi connectivity index (χ0) is 65.5. The van der Waals surface area contributed by atoms with Crippen molar-refractivity contribution in [1.29, 1.82) is 0 Å². The predicted molar refractivity (Wildman–Crippen MR) is 324 cm³/mol. The van der Waals surface area contributed by atoms with Crippen LogP contribution in [-0.4, -0.2) is 199 Å². The fraction of sp³-hybridized carbons (Fsp3) is 0.532. The molecule has 24 nitrogen and oxygen atoms in total. The van der Waals surface area contributed by atoms with Crippen molar-refractivity contribution in [2.75, 3.05) is 92.2 Å². The first kappa shape index (κ1) is 70.8. The van der Waals surface area contributed by atoms with Crippen LogP contribution < -0.4 is 31.2 Å². The molecule has 5 heterocycles. The van der Waals surface area contributed by atoms with E-state index in [4.69, 9.17) is 34.2 Å². The Morgan fingerprint density at radius 1 is 0.791 bits per heavy atom. The van der Waals surface area contributed by atoms with Crippen LogP contribution in [0, 0.1) is 12.3 Å². The number of imidazole rings is 1. The Kier molecular flexibility index (Phi) is 27.0. The summed E-state index contributed by atoms with van der Waals surface area (Å²) < 4.78 is 92.1. The SMILES string of the molecule is Cc1ncsc1-c1ccc(CNC(=O)[C@@H]2C[C@@H](O)CN2C(=O)[C@@H](NC(=O)CCOCCOCCOCCOCCOCCNC(=O)CCCn2cnc(-c3cnc(O[C@@H]4CCN(C(=O)Cc5ccc(OC(F)(F)F)cc5)C[C@H]4F)c(C(N)=O)c3)c2)C(C)(C)C)cc1. The fourth-order valence-corrected chi connectivity index (χ4v) is 10.7. The molecule has 0 spiro atoms. The number of carbonyl (C=O) groups excluding carboxylic acids is 6. The number of pyridine rings is 1. The molecule has 2 aliphatic heterocycles. The minimum absolute atomic E-state index is 0.00407. The molecule has 0 unspecified atom stereocenters. The Bertz CT molecular complexity index is 3170. The van der Waals surface area contributed by atoms with E-state index in [2.05, 4.69) is 35.6 Å². The smallest absolute Gasteiger partial charge is 0.471 e. The maximum atomic E-state index is 15.4. The average molecular weight is 1300 g/mol. The Morgan fingerprint density at radius 3 is 2.05 bits per heavy atom. The van der Waals surface area contributed by atoms with Crippen LogP contribution in [0.15, 0.2) is 78.8 Å². The highest BCUT2D eigenvalue weighted by Crippen LogP contribution is 2.31. The Hall–Kier alpha value is -7.67. The number of aromatic nitrogens is 4. The normalized spacial score (nSPS) is 17.2. The second-order valence-electron chi connectivity index (χ2n) is 22.8. The lowest BCUT2D eigenvalue weighted by Gasteiger charge is -2.35. The number of aryl methyl sites for hydroxylation is 2. The first-order valence-corrected chi connectivity index (χ1v) is 30.8. The molecule has 0 saturated carbocycles. The Balaban J connectivity index is 0.664. The summed E-state index contributed by atoms with van der Waals surface area (Å²) >= 11 is 1.56. The van der Waals surface area contributed by atoms with Crippen molar-refractivity contribution < 1.29 is 84.6 Å². The molecule has 29 heteroatoms. The van der Waals surface area contributed by atoms with Gasteiger partial charge in [0, 0.05) is 76.4 Å². The third-order valence-electron chi connectivity index (χ3n) is 14.7. The summed E-state index contributed by atoms with van der Waals surface area (Å²) in [5.41, 5.74) is 10.8. The van der Waals surface area contributed by atoms with Crippen LogP contribution in [0.5, 0.6) is 11.6 Å². The average Bonchev–Trinajstić information content (AvgIpc) is 1.87. The first-order valence-electron chi connectivity index (χ1n) is 30.0. The highest BCUT2D eigenvalue weighted by atomic mass is 32.1. The lowest BCUT2D eigenvalue weighted by Crippen LogP contribution is -2.57. The number of primary amides is 1. The number of nitrogens with two attached hydrogens (primary N) is 1. The van der Waals surface area contributed by atoms with Crippen molar-refractivity contribution in [3.05, 3.63) is 101 Å². The standard InChI is InChI=1S/C62H80F4N10O14S/c1-40-55(91-39-72-40)43-11-7-42(8-12-43)33-69-58(82)50-32-45(77)35-76(50)60(83)56(61(2,3)4)73-53(79)16-20-84-22-24-86-26-28-88-29-27-87-25-23-85-21-17-68-52(78)6-5-18-74-37-49(71-38-74)44-31-47(57(67)81)59(70-34-44)89-51-15-19-75(36-48(51)63)54(80)30-41-9-13-46(14-10-41)90-62(64,65)66/h7-14,31,34,37-39,45,48,50-51,56,77H,5-6,15-30,32-33,35-36H2,1-4H3,(H2,67,81)(H,68,78)(H,69,82)(H,73,79)/t45-,48-,50+,51-,56-/m1/s1. The van der Waals surface area contributed by atoms with Crippen LogP contribution >= 0.6 is 11.3 Å². The van der Waals surface area contributed by atoms with E-state index in [1.54, 1.807) is 33.9 Å². The van der Waals surface area contributed by atoms with E-state index in [1.165, 1.54) is 34.2 Å². The molecule has 6 amide bonds. The van der Waals surface area contributed by atoms with Crippen LogP contribution in [0.2, 0.25) is 0 Å². The third kappa shape index (κ3) is 22.9. The number of hydrogen-bond acceptors (Lipinski definition) is 18. The van der Waals surface area contributed by atoms with E-state index < -0.39 is 71.6 Å². The molecule has 0 bridgehead atoms. The molecule has 496 valence electrons. The summed E-state index contributed by atoms with van der Waals surface area (Å²) in [6.45, 7) is 11.1. The number of halogens is 4. The number of carbonyl (C=O) groups is 6. The summed E-state index contributed by atoms with van der Waals surface area (Å²) in [6.07, 6.45) is -3.02. The van der Waals surface area contributed by atoms with Gasteiger partial charge in [0.1, 0.15) is 29.5 Å². The number of alkyl halides is 4. The molecule has 5 aromatic rings. The van der Waals surface area contributed by atoms with E-state index in [0.717, 1.165) is 33.8 Å². The largest absolute Gasteiger partial charge is 0.573 e. The maximum Gasteiger partial charge on any atom is 0.573 e. The molecule has 7 rings (SSSR count). The van der Waals surface area contributed by atoms with Gasteiger partial charge in [0.05, 0.1) is 113 Å². The van der Waals surface area contributed by atoms with Crippen molar-refractivity contribution in [3.8, 4) is 33.3 Å². The fourth-order valence-electron chi connectivity index (χ4n) is 9.91. The molecule has 5 atom stereocenters. The van der Waals surface area contributed by atoms with Gasteiger partial charge in [0.15, 0.2) is 6.17 Å². The van der Waals surface area contributed by atoms with E-state index in [-0.39, 0.29) is 101 Å². The molecular weight excluding hydrogens is 1220 g/mol. The van der Waals surface area contributed by atoms with Crippen molar-refractivity contribution in [3.63, 3.8) is 0 Å². The second-order valence-corrected chi connectivity index (χ2v) is 23.7. The number of hydrogen-bond donors (Lipinski definition) is 5. The van der Waals surface area contributed by atoms with Crippen LogP contribution in [0.3, 0.4) is 0 Å². The van der Waals surface area contributed by atoms with Crippen molar-refractivity contribution >= 4 is 46.8 Å².